The predicted molar refractivity (Wildman–Crippen MR) is 126 cm³/mol. The van der Waals surface area contributed by atoms with Crippen LogP contribution in [-0.2, 0) is 4.74 Å². The Morgan fingerprint density at radius 2 is 1.55 bits per heavy atom. The fourth-order valence-electron chi connectivity index (χ4n) is 4.10. The lowest BCUT2D eigenvalue weighted by molar-refractivity contribution is -0.105. The minimum Gasteiger partial charge on any atom is -0.508 e. The van der Waals surface area contributed by atoms with Gasteiger partial charge in [0.2, 0.25) is 0 Å². The number of aromatic hydroxyl groups is 1. The molecule has 4 rings (SSSR count). The molecule has 1 fully saturated rings. The molecule has 1 saturated heterocycles. The van der Waals surface area contributed by atoms with Crippen molar-refractivity contribution in [3.63, 3.8) is 0 Å². The second-order valence-electron chi connectivity index (χ2n) is 7.95. The quantitative estimate of drug-likeness (QED) is 0.421. The molecule has 1 heterocycles. The van der Waals surface area contributed by atoms with Gasteiger partial charge in [-0.3, -0.25) is 0 Å². The molecule has 3 aromatic rings. The van der Waals surface area contributed by atoms with Gasteiger partial charge in [0, 0.05) is 6.42 Å². The Kier molecular flexibility index (Phi) is 7.06. The summed E-state index contributed by atoms with van der Waals surface area (Å²) in [7, 11) is 0. The molecule has 3 heteroatoms. The molecule has 0 bridgehead atoms. The number of ether oxygens (including phenoxy) is 2. The molecule has 0 radical (unpaired) electrons. The molecule has 1 N–H and O–H groups in total. The first kappa shape index (κ1) is 21.2. The smallest absolute Gasteiger partial charge is 0.199 e. The summed E-state index contributed by atoms with van der Waals surface area (Å²) in [4.78, 5) is 0. The summed E-state index contributed by atoms with van der Waals surface area (Å²) in [6, 6.07) is 26.3. The molecule has 160 valence electrons. The van der Waals surface area contributed by atoms with Crippen LogP contribution in [0.1, 0.15) is 55.7 Å². The van der Waals surface area contributed by atoms with Crippen LogP contribution >= 0.6 is 0 Å². The monoisotopic (exact) mass is 414 g/mol. The van der Waals surface area contributed by atoms with Gasteiger partial charge in [-0.05, 0) is 71.4 Å². The van der Waals surface area contributed by atoms with Crippen LogP contribution in [0.3, 0.4) is 0 Å². The average Bonchev–Trinajstić information content (AvgIpc) is 2.82. The summed E-state index contributed by atoms with van der Waals surface area (Å²) < 4.78 is 11.7. The molecule has 1 aliphatic heterocycles. The van der Waals surface area contributed by atoms with Gasteiger partial charge in [-0.15, -0.1) is 0 Å². The molecule has 0 amide bonds. The van der Waals surface area contributed by atoms with Gasteiger partial charge in [-0.25, -0.2) is 0 Å². The summed E-state index contributed by atoms with van der Waals surface area (Å²) in [5.74, 6) is 1.11. The number of phenolic OH excluding ortho intramolecular Hbond substituents is 1. The van der Waals surface area contributed by atoms with Crippen LogP contribution < -0.4 is 4.74 Å². The molecular weight excluding hydrogens is 384 g/mol. The first-order chi connectivity index (χ1) is 15.2. The first-order valence-corrected chi connectivity index (χ1v) is 11.2. The zero-order chi connectivity index (χ0) is 21.5. The molecule has 0 aromatic heterocycles. The number of allylic oxidation sites excluding steroid dienone is 1. The number of rotatable bonds is 7. The summed E-state index contributed by atoms with van der Waals surface area (Å²) in [6.45, 7) is 2.98. The molecule has 3 nitrogen and oxygen atoms in total. The molecular formula is C28H30O3. The molecule has 31 heavy (non-hydrogen) atoms. The van der Waals surface area contributed by atoms with Crippen LogP contribution in [0.15, 0.2) is 78.9 Å². The van der Waals surface area contributed by atoms with Gasteiger partial charge in [0.25, 0.3) is 0 Å². The second kappa shape index (κ2) is 10.3. The van der Waals surface area contributed by atoms with Crippen LogP contribution in [-0.4, -0.2) is 18.0 Å². The zero-order valence-electron chi connectivity index (χ0n) is 18.1. The summed E-state index contributed by atoms with van der Waals surface area (Å²) in [5.41, 5.74) is 5.94. The van der Waals surface area contributed by atoms with E-state index in [1.807, 2.05) is 30.3 Å². The Bertz CT molecular complexity index is 983. The lowest BCUT2D eigenvalue weighted by atomic mass is 9.87. The van der Waals surface area contributed by atoms with Gasteiger partial charge in [-0.2, -0.15) is 0 Å². The molecule has 1 aliphatic rings. The van der Waals surface area contributed by atoms with Crippen molar-refractivity contribution >= 4 is 11.1 Å². The maximum Gasteiger partial charge on any atom is 0.199 e. The van der Waals surface area contributed by atoms with Crippen LogP contribution in [0.5, 0.6) is 11.5 Å². The largest absolute Gasteiger partial charge is 0.508 e. The molecule has 0 aliphatic carbocycles. The summed E-state index contributed by atoms with van der Waals surface area (Å²) in [5, 5.41) is 9.82. The standard InChI is InChI=1S/C28H30O3/c1-2-8-26(21-9-4-3-5-10-21)28(22-12-16-24(29)17-13-22)23-14-18-25(19-15-23)31-27-11-6-7-20-30-27/h3-5,9-10,12-19,27,29H,2,6-8,11,20H2,1H3/b28-26+. The third-order valence-electron chi connectivity index (χ3n) is 5.63. The van der Waals surface area contributed by atoms with Gasteiger partial charge in [0.15, 0.2) is 6.29 Å². The fraction of sp³-hybridized carbons (Fsp3) is 0.286. The second-order valence-corrected chi connectivity index (χ2v) is 7.95. The minimum atomic E-state index is -0.147. The van der Waals surface area contributed by atoms with Crippen LogP contribution in [0, 0.1) is 0 Å². The fourth-order valence-corrected chi connectivity index (χ4v) is 4.10. The van der Waals surface area contributed by atoms with Crippen LogP contribution in [0.4, 0.5) is 0 Å². The van der Waals surface area contributed by atoms with E-state index >= 15 is 0 Å². The van der Waals surface area contributed by atoms with Crippen molar-refractivity contribution in [3.05, 3.63) is 95.6 Å². The predicted octanol–water partition coefficient (Wildman–Crippen LogP) is 7.06. The van der Waals surface area contributed by atoms with Crippen molar-refractivity contribution in [1.82, 2.24) is 0 Å². The Morgan fingerprint density at radius 1 is 0.871 bits per heavy atom. The average molecular weight is 415 g/mol. The molecule has 1 atom stereocenters. The molecule has 1 unspecified atom stereocenters. The van der Waals surface area contributed by atoms with E-state index in [2.05, 4.69) is 43.3 Å². The normalized spacial score (nSPS) is 17.1. The van der Waals surface area contributed by atoms with E-state index in [0.29, 0.717) is 0 Å². The number of benzene rings is 3. The van der Waals surface area contributed by atoms with Gasteiger partial charge < -0.3 is 14.6 Å². The van der Waals surface area contributed by atoms with Crippen molar-refractivity contribution in [3.8, 4) is 11.5 Å². The van der Waals surface area contributed by atoms with Gasteiger partial charge in [-0.1, -0.05) is 67.9 Å². The van der Waals surface area contributed by atoms with Crippen molar-refractivity contribution in [2.24, 2.45) is 0 Å². The van der Waals surface area contributed by atoms with E-state index in [0.717, 1.165) is 55.6 Å². The highest BCUT2D eigenvalue weighted by molar-refractivity contribution is 5.98. The Hall–Kier alpha value is -3.04. The highest BCUT2D eigenvalue weighted by Gasteiger charge is 2.17. The Morgan fingerprint density at radius 3 is 2.16 bits per heavy atom. The Labute approximate surface area is 185 Å². The lowest BCUT2D eigenvalue weighted by Gasteiger charge is -2.23. The lowest BCUT2D eigenvalue weighted by Crippen LogP contribution is -2.24. The third-order valence-corrected chi connectivity index (χ3v) is 5.63. The van der Waals surface area contributed by atoms with E-state index in [1.165, 1.54) is 16.7 Å². The van der Waals surface area contributed by atoms with Gasteiger partial charge >= 0.3 is 0 Å². The van der Waals surface area contributed by atoms with Crippen LogP contribution in [0.25, 0.3) is 11.1 Å². The summed E-state index contributed by atoms with van der Waals surface area (Å²) in [6.07, 6.45) is 5.06. The maximum absolute atomic E-state index is 9.82. The van der Waals surface area contributed by atoms with Crippen molar-refractivity contribution in [1.29, 1.82) is 0 Å². The van der Waals surface area contributed by atoms with E-state index in [1.54, 1.807) is 12.1 Å². The van der Waals surface area contributed by atoms with Gasteiger partial charge in [0.1, 0.15) is 11.5 Å². The van der Waals surface area contributed by atoms with Crippen molar-refractivity contribution in [2.75, 3.05) is 6.61 Å². The number of hydrogen-bond donors (Lipinski definition) is 1. The minimum absolute atomic E-state index is 0.147. The number of hydrogen-bond acceptors (Lipinski definition) is 3. The first-order valence-electron chi connectivity index (χ1n) is 11.2. The van der Waals surface area contributed by atoms with E-state index in [-0.39, 0.29) is 12.0 Å². The van der Waals surface area contributed by atoms with Gasteiger partial charge in [0.05, 0.1) is 6.61 Å². The topological polar surface area (TPSA) is 38.7 Å². The highest BCUT2D eigenvalue weighted by atomic mass is 16.7. The summed E-state index contributed by atoms with van der Waals surface area (Å²) >= 11 is 0. The molecule has 0 saturated carbocycles. The maximum atomic E-state index is 9.82. The highest BCUT2D eigenvalue weighted by Crippen LogP contribution is 2.36. The zero-order valence-corrected chi connectivity index (χ0v) is 18.1. The number of phenols is 1. The molecule has 0 spiro atoms. The van der Waals surface area contributed by atoms with E-state index in [9.17, 15) is 5.11 Å². The van der Waals surface area contributed by atoms with Crippen molar-refractivity contribution in [2.45, 2.75) is 45.3 Å². The van der Waals surface area contributed by atoms with Crippen molar-refractivity contribution < 1.29 is 14.6 Å². The SMILES string of the molecule is CCC/C(=C(/c1ccc(O)cc1)c1ccc(OC2CCCCO2)cc1)c1ccccc1. The Balaban J connectivity index is 1.74. The van der Waals surface area contributed by atoms with Crippen LogP contribution in [0.2, 0.25) is 0 Å². The molecule has 3 aromatic carbocycles. The third kappa shape index (κ3) is 5.36. The van der Waals surface area contributed by atoms with E-state index < -0.39 is 0 Å². The van der Waals surface area contributed by atoms with E-state index in [4.69, 9.17) is 9.47 Å².